The van der Waals surface area contributed by atoms with Gasteiger partial charge in [-0.15, -0.1) is 0 Å². The van der Waals surface area contributed by atoms with Gasteiger partial charge < -0.3 is 10.2 Å². The standard InChI is InChI=1S/C6H7NO2S.C3H8O2/c7-10(8,9)6-4-2-1-3-5-6;1-3(5)2-4/h1-5H,(H2,7,8,9);3-5H,2H2,1H3. The zero-order chi connectivity index (χ0) is 11.9. The molecule has 0 fully saturated rings. The zero-order valence-electron chi connectivity index (χ0n) is 8.37. The molecule has 0 bridgehead atoms. The maximum Gasteiger partial charge on any atom is 0.238 e. The average molecular weight is 233 g/mol. The van der Waals surface area contributed by atoms with Gasteiger partial charge in [-0.05, 0) is 19.1 Å². The van der Waals surface area contributed by atoms with Gasteiger partial charge >= 0.3 is 0 Å². The van der Waals surface area contributed by atoms with Crippen LogP contribution in [0.5, 0.6) is 0 Å². The third kappa shape index (κ3) is 7.03. The molecule has 0 heterocycles. The lowest BCUT2D eigenvalue weighted by atomic mass is 10.4. The predicted octanol–water partition coefficient (Wildman–Crippen LogP) is -0.307. The Kier molecular flexibility index (Phi) is 6.11. The lowest BCUT2D eigenvalue weighted by Gasteiger charge is -1.93. The van der Waals surface area contributed by atoms with E-state index in [0.717, 1.165) is 0 Å². The first kappa shape index (κ1) is 14.1. The quantitative estimate of drug-likeness (QED) is 0.652. The van der Waals surface area contributed by atoms with E-state index in [0.29, 0.717) is 0 Å². The molecule has 0 amide bonds. The van der Waals surface area contributed by atoms with Crippen molar-refractivity contribution < 1.29 is 18.6 Å². The molecule has 1 unspecified atom stereocenters. The predicted molar refractivity (Wildman–Crippen MR) is 56.6 cm³/mol. The second kappa shape index (κ2) is 6.52. The third-order valence-electron chi connectivity index (χ3n) is 1.34. The van der Waals surface area contributed by atoms with Gasteiger partial charge in [0.25, 0.3) is 0 Å². The molecular weight excluding hydrogens is 218 g/mol. The summed E-state index contributed by atoms with van der Waals surface area (Å²) in [6.45, 7) is 1.39. The zero-order valence-corrected chi connectivity index (χ0v) is 9.18. The Balaban J connectivity index is 0.000000336. The van der Waals surface area contributed by atoms with Crippen molar-refractivity contribution >= 4 is 10.0 Å². The molecule has 0 aliphatic carbocycles. The summed E-state index contributed by atoms with van der Waals surface area (Å²) in [7, 11) is -3.50. The van der Waals surface area contributed by atoms with Crippen molar-refractivity contribution in [3.8, 4) is 0 Å². The Morgan fingerprint density at radius 1 is 1.33 bits per heavy atom. The van der Waals surface area contributed by atoms with Crippen LogP contribution in [0.3, 0.4) is 0 Å². The summed E-state index contributed by atoms with van der Waals surface area (Å²) in [4.78, 5) is 0.148. The maximum atomic E-state index is 10.6. The van der Waals surface area contributed by atoms with E-state index < -0.39 is 16.1 Å². The molecule has 15 heavy (non-hydrogen) atoms. The molecule has 6 heteroatoms. The van der Waals surface area contributed by atoms with Gasteiger partial charge in [0.2, 0.25) is 10.0 Å². The number of aliphatic hydroxyl groups is 2. The number of hydrogen-bond acceptors (Lipinski definition) is 4. The first-order valence-corrected chi connectivity index (χ1v) is 5.79. The van der Waals surface area contributed by atoms with E-state index >= 15 is 0 Å². The SMILES string of the molecule is CC(O)CO.NS(=O)(=O)c1ccccc1. The monoisotopic (exact) mass is 233 g/mol. The first-order valence-electron chi connectivity index (χ1n) is 4.24. The number of benzene rings is 1. The van der Waals surface area contributed by atoms with Crippen molar-refractivity contribution in [3.05, 3.63) is 30.3 Å². The Bertz CT molecular complexity index is 361. The molecular formula is C9H15NO4S. The molecule has 0 saturated carbocycles. The van der Waals surface area contributed by atoms with Crippen molar-refractivity contribution in [2.45, 2.75) is 17.9 Å². The number of primary sulfonamides is 1. The Morgan fingerprint density at radius 3 is 1.93 bits per heavy atom. The average Bonchev–Trinajstić information content (AvgIpc) is 2.19. The van der Waals surface area contributed by atoms with E-state index in [2.05, 4.69) is 0 Å². The van der Waals surface area contributed by atoms with Crippen LogP contribution in [-0.4, -0.2) is 31.3 Å². The molecule has 1 atom stereocenters. The Hall–Kier alpha value is -0.950. The fraction of sp³-hybridized carbons (Fsp3) is 0.333. The minimum atomic E-state index is -3.50. The van der Waals surface area contributed by atoms with Crippen molar-refractivity contribution in [3.63, 3.8) is 0 Å². The van der Waals surface area contributed by atoms with Crippen molar-refractivity contribution in [2.24, 2.45) is 5.14 Å². The van der Waals surface area contributed by atoms with Gasteiger partial charge in [-0.2, -0.15) is 0 Å². The van der Waals surface area contributed by atoms with Gasteiger partial charge in [0.05, 0.1) is 17.6 Å². The van der Waals surface area contributed by atoms with Crippen LogP contribution in [0.1, 0.15) is 6.92 Å². The van der Waals surface area contributed by atoms with Gasteiger partial charge in [-0.3, -0.25) is 0 Å². The van der Waals surface area contributed by atoms with Crippen molar-refractivity contribution in [2.75, 3.05) is 6.61 Å². The van der Waals surface area contributed by atoms with E-state index in [9.17, 15) is 8.42 Å². The molecule has 1 aromatic carbocycles. The molecule has 1 rings (SSSR count). The summed E-state index contributed by atoms with van der Waals surface area (Å²) in [5.41, 5.74) is 0. The number of sulfonamides is 1. The van der Waals surface area contributed by atoms with E-state index in [1.807, 2.05) is 0 Å². The number of nitrogens with two attached hydrogens (primary N) is 1. The van der Waals surface area contributed by atoms with Crippen LogP contribution < -0.4 is 5.14 Å². The fourth-order valence-electron chi connectivity index (χ4n) is 0.610. The molecule has 0 spiro atoms. The molecule has 5 nitrogen and oxygen atoms in total. The Morgan fingerprint density at radius 2 is 1.73 bits per heavy atom. The topological polar surface area (TPSA) is 101 Å². The maximum absolute atomic E-state index is 10.6. The number of rotatable bonds is 2. The van der Waals surface area contributed by atoms with E-state index in [4.69, 9.17) is 15.4 Å². The largest absolute Gasteiger partial charge is 0.394 e. The third-order valence-corrected chi connectivity index (χ3v) is 2.27. The minimum absolute atomic E-state index is 0.139. The summed E-state index contributed by atoms with van der Waals surface area (Å²) in [5, 5.41) is 20.8. The summed E-state index contributed by atoms with van der Waals surface area (Å²) in [6.07, 6.45) is -0.560. The van der Waals surface area contributed by atoms with Crippen LogP contribution in [0.4, 0.5) is 0 Å². The molecule has 0 aliphatic heterocycles. The molecule has 0 saturated heterocycles. The lowest BCUT2D eigenvalue weighted by molar-refractivity contribution is 0.110. The molecule has 0 aromatic heterocycles. The van der Waals surface area contributed by atoms with Crippen LogP contribution in [0.2, 0.25) is 0 Å². The minimum Gasteiger partial charge on any atom is -0.394 e. The fourth-order valence-corrected chi connectivity index (χ4v) is 1.15. The summed E-state index contributed by atoms with van der Waals surface area (Å²) >= 11 is 0. The van der Waals surface area contributed by atoms with Gasteiger partial charge in [0, 0.05) is 0 Å². The summed E-state index contributed by atoms with van der Waals surface area (Å²) in [6, 6.07) is 7.89. The first-order chi connectivity index (χ1) is 6.88. The summed E-state index contributed by atoms with van der Waals surface area (Å²) in [5.74, 6) is 0. The highest BCUT2D eigenvalue weighted by Gasteiger charge is 2.03. The number of aliphatic hydroxyl groups excluding tert-OH is 2. The lowest BCUT2D eigenvalue weighted by Crippen LogP contribution is -2.11. The van der Waals surface area contributed by atoms with Gasteiger partial charge in [-0.25, -0.2) is 13.6 Å². The highest BCUT2D eigenvalue weighted by Crippen LogP contribution is 2.02. The normalized spacial score (nSPS) is 12.5. The van der Waals surface area contributed by atoms with Crippen molar-refractivity contribution in [1.82, 2.24) is 0 Å². The van der Waals surface area contributed by atoms with Gasteiger partial charge in [0.15, 0.2) is 0 Å². The van der Waals surface area contributed by atoms with Crippen LogP contribution in [0, 0.1) is 0 Å². The van der Waals surface area contributed by atoms with Crippen LogP contribution in [0.15, 0.2) is 35.2 Å². The van der Waals surface area contributed by atoms with E-state index in [1.54, 1.807) is 18.2 Å². The summed E-state index contributed by atoms with van der Waals surface area (Å²) < 4.78 is 21.2. The van der Waals surface area contributed by atoms with Gasteiger partial charge in [0.1, 0.15) is 0 Å². The second-order valence-corrected chi connectivity index (χ2v) is 4.45. The molecule has 0 radical (unpaired) electrons. The van der Waals surface area contributed by atoms with Crippen LogP contribution >= 0.6 is 0 Å². The molecule has 0 aliphatic rings. The molecule has 1 aromatic rings. The molecule has 86 valence electrons. The van der Waals surface area contributed by atoms with Crippen LogP contribution in [-0.2, 0) is 10.0 Å². The van der Waals surface area contributed by atoms with E-state index in [-0.39, 0.29) is 11.5 Å². The highest BCUT2D eigenvalue weighted by molar-refractivity contribution is 7.89. The highest BCUT2D eigenvalue weighted by atomic mass is 32.2. The van der Waals surface area contributed by atoms with E-state index in [1.165, 1.54) is 19.1 Å². The number of hydrogen-bond donors (Lipinski definition) is 3. The second-order valence-electron chi connectivity index (χ2n) is 2.89. The van der Waals surface area contributed by atoms with Gasteiger partial charge in [-0.1, -0.05) is 18.2 Å². The van der Waals surface area contributed by atoms with Crippen molar-refractivity contribution in [1.29, 1.82) is 0 Å². The van der Waals surface area contributed by atoms with Crippen LogP contribution in [0.25, 0.3) is 0 Å². The Labute approximate surface area is 89.2 Å². The smallest absolute Gasteiger partial charge is 0.238 e. The molecule has 4 N–H and O–H groups in total.